The molecule has 0 aliphatic heterocycles. The highest BCUT2D eigenvalue weighted by atomic mass is 14.6. The third-order valence-electron chi connectivity index (χ3n) is 15.5. The summed E-state index contributed by atoms with van der Waals surface area (Å²) in [5.41, 5.74) is 15.2. The van der Waals surface area contributed by atoms with Crippen LogP contribution in [0, 0.1) is 46.8 Å². The first-order chi connectivity index (χ1) is 35.1. The summed E-state index contributed by atoms with van der Waals surface area (Å²) in [4.78, 5) is 0. The molecule has 7 aliphatic rings. The monoisotopic (exact) mass is 975 g/mol. The minimum atomic E-state index is 0.0747. The van der Waals surface area contributed by atoms with Gasteiger partial charge in [-0.05, 0) is 141 Å². The smallest absolute Gasteiger partial charge is 0.0231 e. The van der Waals surface area contributed by atoms with Crippen molar-refractivity contribution in [1.82, 2.24) is 0 Å². The highest BCUT2D eigenvalue weighted by molar-refractivity contribution is 5.60. The van der Waals surface area contributed by atoms with E-state index in [-0.39, 0.29) is 5.41 Å². The van der Waals surface area contributed by atoms with Crippen LogP contribution in [0.4, 0.5) is 0 Å². The Hall–Kier alpha value is -4.68. The van der Waals surface area contributed by atoms with Crippen LogP contribution >= 0.6 is 0 Å². The van der Waals surface area contributed by atoms with E-state index in [0.29, 0.717) is 23.7 Å². The molecule has 0 amide bonds. The second-order valence-corrected chi connectivity index (χ2v) is 19.3. The van der Waals surface area contributed by atoms with Gasteiger partial charge in [0.25, 0.3) is 0 Å². The topological polar surface area (TPSA) is 0 Å². The van der Waals surface area contributed by atoms with Crippen LogP contribution in [-0.4, -0.2) is 0 Å². The summed E-state index contributed by atoms with van der Waals surface area (Å²) in [6.07, 6.45) is 62.4. The lowest BCUT2D eigenvalue weighted by atomic mass is 9.48. The van der Waals surface area contributed by atoms with E-state index in [9.17, 15) is 0 Å². The highest BCUT2D eigenvalue weighted by Crippen LogP contribution is 2.64. The standard InChI is InChI=1S/C46H56.C9H12.C7H16.3C2H6.2C2H4/c1-6-33(7-2)35-20-18-22-37(30-35)40-26-14-16-28-42(40)44-32-45(46(44,10-5)39-24-12-11-13-25-39)43-29-17-15-27-41(43)38-23-19-21-36(31-38)34(8-3)9-4;1-8(2)9-6-4-3-5-7-9;1-5-7(4)6(2)3;5*1-2/h6-7,11-12,15-17,19-21,23-24,27-28,30,32,34,36,43-44H,1,8-10,13-14,18,22,25-26,29,31H2,2-5H3;3-6,9H,1,7H2,2H3;6-7H,5H2,1-4H3;3*1-2H3;2*1-2H2/b33-7+;;;;;;;. The first-order valence-electron chi connectivity index (χ1n) is 29.0. The van der Waals surface area contributed by atoms with Crippen molar-refractivity contribution in [3.63, 3.8) is 0 Å². The van der Waals surface area contributed by atoms with Crippen molar-refractivity contribution in [2.45, 2.75) is 187 Å². The minimum absolute atomic E-state index is 0.0747. The van der Waals surface area contributed by atoms with E-state index < -0.39 is 0 Å². The van der Waals surface area contributed by atoms with Crippen LogP contribution in [0.25, 0.3) is 0 Å². The fraction of sp³-hybridized carbons (Fsp3) is 0.500. The average Bonchev–Trinajstić information content (AvgIpc) is 3.45. The van der Waals surface area contributed by atoms with E-state index >= 15 is 0 Å². The molecule has 0 saturated heterocycles. The quantitative estimate of drug-likeness (QED) is 0.120. The lowest BCUT2D eigenvalue weighted by Gasteiger charge is -2.55. The summed E-state index contributed by atoms with van der Waals surface area (Å²) >= 11 is 0. The van der Waals surface area contributed by atoms with Gasteiger partial charge in [0, 0.05) is 23.2 Å². The molecule has 0 radical (unpaired) electrons. The molecular weight excluding hydrogens is 865 g/mol. The third kappa shape index (κ3) is 18.7. The van der Waals surface area contributed by atoms with Crippen LogP contribution in [0.1, 0.15) is 187 Å². The summed E-state index contributed by atoms with van der Waals surface area (Å²) < 4.78 is 0. The molecule has 0 fully saturated rings. The molecule has 0 heteroatoms. The molecule has 0 aromatic carbocycles. The van der Waals surface area contributed by atoms with Gasteiger partial charge in [0.05, 0.1) is 0 Å². The van der Waals surface area contributed by atoms with Gasteiger partial charge in [0.15, 0.2) is 0 Å². The Bertz CT molecular complexity index is 2050. The SMILES string of the molecule is C=C.C=C.C=C(C)C1C=CC=CC1.C=C/C(=C\C)C1=CCCC(C2=C(C3C=C(C4CC=CC=C4C4=CC=CC(C(CC)CC)C4)C3(CC)C3=CC=CCC3)C=CCC2)=C1.CC.CC.CC.CCC(C)C(C)C. The predicted molar refractivity (Wildman–Crippen MR) is 332 cm³/mol. The number of hydrogen-bond acceptors (Lipinski definition) is 0. The number of allylic oxidation sites excluding steroid dienone is 30. The average molecular weight is 976 g/mol. The van der Waals surface area contributed by atoms with Gasteiger partial charge in [-0.2, -0.15) is 0 Å². The van der Waals surface area contributed by atoms with E-state index in [1.165, 1.54) is 48.8 Å². The van der Waals surface area contributed by atoms with Crippen molar-refractivity contribution in [2.24, 2.45) is 46.8 Å². The van der Waals surface area contributed by atoms with E-state index in [0.717, 1.165) is 69.1 Å². The first kappa shape index (κ1) is 67.3. The van der Waals surface area contributed by atoms with Gasteiger partial charge in [0.1, 0.15) is 0 Å². The van der Waals surface area contributed by atoms with Gasteiger partial charge < -0.3 is 0 Å². The molecule has 0 nitrogen and oxygen atoms in total. The number of rotatable bonds is 14. The Morgan fingerprint density at radius 3 is 1.89 bits per heavy atom. The fourth-order valence-corrected chi connectivity index (χ4v) is 11.0. The third-order valence-corrected chi connectivity index (χ3v) is 15.5. The molecule has 6 atom stereocenters. The second kappa shape index (κ2) is 38.9. The first-order valence-corrected chi connectivity index (χ1v) is 29.0. The summed E-state index contributed by atoms with van der Waals surface area (Å²) in [6.45, 7) is 52.5. The van der Waals surface area contributed by atoms with Crippen LogP contribution < -0.4 is 0 Å². The van der Waals surface area contributed by atoms with Crippen LogP contribution in [0.15, 0.2) is 217 Å². The fourth-order valence-electron chi connectivity index (χ4n) is 11.0. The van der Waals surface area contributed by atoms with E-state index in [4.69, 9.17) is 0 Å². The lowest BCUT2D eigenvalue weighted by Crippen LogP contribution is -2.45. The van der Waals surface area contributed by atoms with Crippen molar-refractivity contribution in [1.29, 1.82) is 0 Å². The highest BCUT2D eigenvalue weighted by Gasteiger charge is 2.53. The molecule has 72 heavy (non-hydrogen) atoms. The van der Waals surface area contributed by atoms with Crippen LogP contribution in [0.2, 0.25) is 0 Å². The molecule has 0 heterocycles. The Morgan fingerprint density at radius 2 is 1.38 bits per heavy atom. The molecule has 0 spiro atoms. The summed E-state index contributed by atoms with van der Waals surface area (Å²) in [7, 11) is 0. The van der Waals surface area contributed by atoms with Gasteiger partial charge in [0.2, 0.25) is 0 Å². The Labute approximate surface area is 448 Å². The zero-order valence-corrected chi connectivity index (χ0v) is 49.5. The lowest BCUT2D eigenvalue weighted by molar-refractivity contribution is 0.251. The number of hydrogen-bond donors (Lipinski definition) is 0. The molecule has 7 aliphatic carbocycles. The molecule has 0 bridgehead atoms. The Kier molecular flexibility index (Phi) is 36.3. The van der Waals surface area contributed by atoms with E-state index in [1.54, 1.807) is 39.0 Å². The molecule has 0 aromatic rings. The maximum atomic E-state index is 4.11. The zero-order chi connectivity index (χ0) is 54.6. The maximum absolute atomic E-state index is 4.11. The Balaban J connectivity index is 0.00000161. The van der Waals surface area contributed by atoms with Gasteiger partial charge in [-0.25, -0.2) is 0 Å². The molecular formula is C72H110. The van der Waals surface area contributed by atoms with Gasteiger partial charge in [-0.1, -0.05) is 261 Å². The largest absolute Gasteiger partial charge is 0.106 e. The normalized spacial score (nSPS) is 23.7. The predicted octanol–water partition coefficient (Wildman–Crippen LogP) is 23.1. The summed E-state index contributed by atoms with van der Waals surface area (Å²) in [6, 6.07) is 0. The molecule has 6 unspecified atom stereocenters. The Morgan fingerprint density at radius 1 is 0.722 bits per heavy atom. The van der Waals surface area contributed by atoms with Crippen LogP contribution in [-0.2, 0) is 0 Å². The van der Waals surface area contributed by atoms with Crippen molar-refractivity contribution >= 4 is 0 Å². The van der Waals surface area contributed by atoms with Crippen LogP contribution in [0.5, 0.6) is 0 Å². The molecule has 0 aromatic heterocycles. The molecule has 0 N–H and O–H groups in total. The second-order valence-electron chi connectivity index (χ2n) is 19.3. The van der Waals surface area contributed by atoms with Crippen molar-refractivity contribution in [3.05, 3.63) is 217 Å². The van der Waals surface area contributed by atoms with E-state index in [2.05, 4.69) is 217 Å². The zero-order valence-electron chi connectivity index (χ0n) is 49.5. The maximum Gasteiger partial charge on any atom is 0.0231 e. The van der Waals surface area contributed by atoms with Crippen LogP contribution in [0.3, 0.4) is 0 Å². The summed E-state index contributed by atoms with van der Waals surface area (Å²) in [5, 5.41) is 0. The minimum Gasteiger partial charge on any atom is -0.106 e. The molecule has 0 saturated carbocycles. The molecule has 7 rings (SSSR count). The molecule has 398 valence electrons. The van der Waals surface area contributed by atoms with Gasteiger partial charge in [-0.15, -0.1) is 26.3 Å². The summed E-state index contributed by atoms with van der Waals surface area (Å²) in [5.74, 6) is 4.66. The van der Waals surface area contributed by atoms with Crippen molar-refractivity contribution in [3.8, 4) is 0 Å². The van der Waals surface area contributed by atoms with Crippen molar-refractivity contribution in [2.75, 3.05) is 0 Å². The van der Waals surface area contributed by atoms with E-state index in [1.807, 2.05) is 47.6 Å². The van der Waals surface area contributed by atoms with Crippen molar-refractivity contribution < 1.29 is 0 Å². The van der Waals surface area contributed by atoms with Gasteiger partial charge >= 0.3 is 0 Å². The van der Waals surface area contributed by atoms with Gasteiger partial charge in [-0.3, -0.25) is 0 Å².